The fraction of sp³-hybridized carbons (Fsp3) is 0.647. The SMILES string of the molecule is Cc1cc(C)c(C)c(CCNCC2(CO)CC2)c1C. The molecule has 2 N–H and O–H groups in total. The molecule has 106 valence electrons. The number of hydrogen-bond acceptors (Lipinski definition) is 2. The molecule has 19 heavy (non-hydrogen) atoms. The first kappa shape index (κ1) is 14.5. The Morgan fingerprint density at radius 1 is 1.11 bits per heavy atom. The van der Waals surface area contributed by atoms with Gasteiger partial charge in [-0.25, -0.2) is 0 Å². The fourth-order valence-electron chi connectivity index (χ4n) is 2.81. The number of benzene rings is 1. The Balaban J connectivity index is 1.92. The zero-order chi connectivity index (χ0) is 14.0. The molecule has 0 bridgehead atoms. The third-order valence-electron chi connectivity index (χ3n) is 4.87. The second kappa shape index (κ2) is 5.64. The lowest BCUT2D eigenvalue weighted by Crippen LogP contribution is -2.28. The maximum atomic E-state index is 9.29. The van der Waals surface area contributed by atoms with Crippen LogP contribution in [-0.2, 0) is 6.42 Å². The quantitative estimate of drug-likeness (QED) is 0.772. The highest BCUT2D eigenvalue weighted by atomic mass is 16.3. The van der Waals surface area contributed by atoms with Crippen LogP contribution in [0.5, 0.6) is 0 Å². The predicted octanol–water partition coefficient (Wildman–Crippen LogP) is 2.82. The van der Waals surface area contributed by atoms with Crippen molar-refractivity contribution in [2.45, 2.75) is 47.0 Å². The molecule has 2 heteroatoms. The van der Waals surface area contributed by atoms with Crippen LogP contribution >= 0.6 is 0 Å². The average Bonchev–Trinajstić information content (AvgIpc) is 3.16. The van der Waals surface area contributed by atoms with E-state index >= 15 is 0 Å². The summed E-state index contributed by atoms with van der Waals surface area (Å²) in [6.45, 7) is 11.2. The summed E-state index contributed by atoms with van der Waals surface area (Å²) < 4.78 is 0. The molecule has 1 aromatic carbocycles. The van der Waals surface area contributed by atoms with Gasteiger partial charge in [0.25, 0.3) is 0 Å². The molecule has 0 saturated heterocycles. The van der Waals surface area contributed by atoms with Gasteiger partial charge in [-0.15, -0.1) is 0 Å². The van der Waals surface area contributed by atoms with Gasteiger partial charge >= 0.3 is 0 Å². The van der Waals surface area contributed by atoms with Crippen LogP contribution in [0, 0.1) is 33.1 Å². The Labute approximate surface area is 117 Å². The van der Waals surface area contributed by atoms with Gasteiger partial charge in [0.2, 0.25) is 0 Å². The van der Waals surface area contributed by atoms with Gasteiger partial charge in [0.1, 0.15) is 0 Å². The number of nitrogens with one attached hydrogen (secondary N) is 1. The van der Waals surface area contributed by atoms with Crippen molar-refractivity contribution in [2.75, 3.05) is 19.7 Å². The van der Waals surface area contributed by atoms with Crippen molar-refractivity contribution in [3.05, 3.63) is 33.9 Å². The Bertz CT molecular complexity index is 435. The Morgan fingerprint density at radius 2 is 1.68 bits per heavy atom. The number of aliphatic hydroxyl groups is 1. The molecule has 1 saturated carbocycles. The molecule has 0 atom stereocenters. The number of aliphatic hydroxyl groups excluding tert-OH is 1. The van der Waals surface area contributed by atoms with Gasteiger partial charge in [-0.2, -0.15) is 0 Å². The predicted molar refractivity (Wildman–Crippen MR) is 80.7 cm³/mol. The normalized spacial score (nSPS) is 16.7. The van der Waals surface area contributed by atoms with E-state index in [1.165, 1.54) is 40.7 Å². The maximum Gasteiger partial charge on any atom is 0.0499 e. The van der Waals surface area contributed by atoms with E-state index in [0.29, 0.717) is 6.61 Å². The minimum atomic E-state index is 0.215. The van der Waals surface area contributed by atoms with Gasteiger partial charge < -0.3 is 10.4 Å². The summed E-state index contributed by atoms with van der Waals surface area (Å²) in [6, 6.07) is 2.28. The summed E-state index contributed by atoms with van der Waals surface area (Å²) in [5, 5.41) is 12.8. The monoisotopic (exact) mass is 261 g/mol. The van der Waals surface area contributed by atoms with Crippen LogP contribution in [0.25, 0.3) is 0 Å². The van der Waals surface area contributed by atoms with Crippen molar-refractivity contribution >= 4 is 0 Å². The van der Waals surface area contributed by atoms with Crippen molar-refractivity contribution in [1.82, 2.24) is 5.32 Å². The molecule has 1 aliphatic carbocycles. The molecular formula is C17H27NO. The Hall–Kier alpha value is -0.860. The van der Waals surface area contributed by atoms with Crippen molar-refractivity contribution in [2.24, 2.45) is 5.41 Å². The highest BCUT2D eigenvalue weighted by molar-refractivity contribution is 5.44. The second-order valence-electron chi connectivity index (χ2n) is 6.32. The zero-order valence-corrected chi connectivity index (χ0v) is 12.8. The zero-order valence-electron chi connectivity index (χ0n) is 12.8. The molecule has 0 amide bonds. The molecular weight excluding hydrogens is 234 g/mol. The summed E-state index contributed by atoms with van der Waals surface area (Å²) in [6.07, 6.45) is 3.44. The molecule has 0 spiro atoms. The molecule has 0 heterocycles. The molecule has 1 aromatic rings. The minimum Gasteiger partial charge on any atom is -0.396 e. The summed E-state index contributed by atoms with van der Waals surface area (Å²) in [4.78, 5) is 0. The molecule has 0 aromatic heterocycles. The van der Waals surface area contributed by atoms with Crippen LogP contribution < -0.4 is 5.32 Å². The second-order valence-corrected chi connectivity index (χ2v) is 6.32. The summed E-state index contributed by atoms with van der Waals surface area (Å²) in [5.74, 6) is 0. The summed E-state index contributed by atoms with van der Waals surface area (Å²) in [7, 11) is 0. The highest BCUT2D eigenvalue weighted by Gasteiger charge is 2.41. The fourth-order valence-corrected chi connectivity index (χ4v) is 2.81. The van der Waals surface area contributed by atoms with Crippen LogP contribution in [0.4, 0.5) is 0 Å². The number of hydrogen-bond donors (Lipinski definition) is 2. The van der Waals surface area contributed by atoms with E-state index in [9.17, 15) is 5.11 Å². The summed E-state index contributed by atoms with van der Waals surface area (Å²) in [5.41, 5.74) is 7.38. The van der Waals surface area contributed by atoms with E-state index in [1.54, 1.807) is 0 Å². The molecule has 2 rings (SSSR count). The smallest absolute Gasteiger partial charge is 0.0499 e. The first-order valence-corrected chi connectivity index (χ1v) is 7.37. The maximum absolute atomic E-state index is 9.29. The lowest BCUT2D eigenvalue weighted by Gasteiger charge is -2.17. The summed E-state index contributed by atoms with van der Waals surface area (Å²) >= 11 is 0. The first-order chi connectivity index (χ1) is 8.99. The Kier molecular flexibility index (Phi) is 4.32. The lowest BCUT2D eigenvalue weighted by molar-refractivity contribution is 0.208. The van der Waals surface area contributed by atoms with Crippen molar-refractivity contribution in [1.29, 1.82) is 0 Å². The van der Waals surface area contributed by atoms with Crippen LogP contribution in [-0.4, -0.2) is 24.8 Å². The van der Waals surface area contributed by atoms with Crippen LogP contribution in [0.1, 0.15) is 40.7 Å². The van der Waals surface area contributed by atoms with Gasteiger partial charge in [-0.1, -0.05) is 6.07 Å². The minimum absolute atomic E-state index is 0.215. The van der Waals surface area contributed by atoms with E-state index in [2.05, 4.69) is 39.1 Å². The van der Waals surface area contributed by atoms with Gasteiger partial charge in [0.05, 0.1) is 0 Å². The van der Waals surface area contributed by atoms with E-state index in [4.69, 9.17) is 0 Å². The highest BCUT2D eigenvalue weighted by Crippen LogP contribution is 2.44. The van der Waals surface area contributed by atoms with Gasteiger partial charge in [-0.3, -0.25) is 0 Å². The van der Waals surface area contributed by atoms with Crippen molar-refractivity contribution < 1.29 is 5.11 Å². The van der Waals surface area contributed by atoms with Crippen molar-refractivity contribution in [3.8, 4) is 0 Å². The van der Waals surface area contributed by atoms with Gasteiger partial charge in [0.15, 0.2) is 0 Å². The topological polar surface area (TPSA) is 32.3 Å². The van der Waals surface area contributed by atoms with Crippen molar-refractivity contribution in [3.63, 3.8) is 0 Å². The standard InChI is InChI=1S/C17H27NO/c1-12-9-13(2)15(4)16(14(12)3)5-8-18-10-17(11-19)6-7-17/h9,18-19H,5-8,10-11H2,1-4H3. The number of rotatable bonds is 6. The van der Waals surface area contributed by atoms with Crippen LogP contribution in [0.15, 0.2) is 6.07 Å². The van der Waals surface area contributed by atoms with E-state index in [-0.39, 0.29) is 5.41 Å². The molecule has 1 aliphatic rings. The largest absolute Gasteiger partial charge is 0.396 e. The van der Waals surface area contributed by atoms with E-state index in [0.717, 1.165) is 19.5 Å². The molecule has 0 unspecified atom stereocenters. The van der Waals surface area contributed by atoms with Gasteiger partial charge in [-0.05, 0) is 81.3 Å². The molecule has 0 aliphatic heterocycles. The molecule has 0 radical (unpaired) electrons. The third-order valence-corrected chi connectivity index (χ3v) is 4.87. The third kappa shape index (κ3) is 3.18. The lowest BCUT2D eigenvalue weighted by atomic mass is 9.92. The van der Waals surface area contributed by atoms with Crippen LogP contribution in [0.2, 0.25) is 0 Å². The average molecular weight is 261 g/mol. The van der Waals surface area contributed by atoms with Crippen LogP contribution in [0.3, 0.4) is 0 Å². The van der Waals surface area contributed by atoms with E-state index in [1.807, 2.05) is 0 Å². The molecule has 2 nitrogen and oxygen atoms in total. The Morgan fingerprint density at radius 3 is 2.16 bits per heavy atom. The van der Waals surface area contributed by atoms with E-state index < -0.39 is 0 Å². The molecule has 1 fully saturated rings. The first-order valence-electron chi connectivity index (χ1n) is 7.37. The number of aryl methyl sites for hydroxylation is 2. The van der Waals surface area contributed by atoms with Gasteiger partial charge in [0, 0.05) is 18.6 Å².